The molecule has 2 aromatic rings. The van der Waals surface area contributed by atoms with Crippen molar-refractivity contribution in [2.75, 3.05) is 11.4 Å². The largest absolute Gasteiger partial charge is 0.478 e. The van der Waals surface area contributed by atoms with Crippen molar-refractivity contribution in [1.29, 1.82) is 0 Å². The number of benzene rings is 1. The molecule has 0 bridgehead atoms. The standard InChI is InChI=1S/C19H24N4O3/c1-13-5-3-4-10-23(13)15-8-6-14(7-9-15)11-20-18(24)17-16(19(25)26)12-21-22(17)2/h6-9,12-13H,3-5,10-11H2,1-2H3,(H,20,24)(H,25,26). The molecule has 1 aromatic heterocycles. The number of anilines is 1. The zero-order valence-corrected chi connectivity index (χ0v) is 15.1. The molecule has 1 aliphatic heterocycles. The van der Waals surface area contributed by atoms with Crippen LogP contribution in [0.1, 0.15) is 52.6 Å². The highest BCUT2D eigenvalue weighted by Crippen LogP contribution is 2.24. The number of piperidine rings is 1. The summed E-state index contributed by atoms with van der Waals surface area (Å²) >= 11 is 0. The molecule has 3 rings (SSSR count). The first-order chi connectivity index (χ1) is 12.5. The molecular weight excluding hydrogens is 332 g/mol. The second kappa shape index (κ2) is 7.59. The molecular formula is C19H24N4O3. The summed E-state index contributed by atoms with van der Waals surface area (Å²) in [5.41, 5.74) is 2.12. The Balaban J connectivity index is 1.64. The number of aryl methyl sites for hydroxylation is 1. The molecule has 0 radical (unpaired) electrons. The quantitative estimate of drug-likeness (QED) is 0.859. The van der Waals surface area contributed by atoms with Crippen molar-refractivity contribution < 1.29 is 14.7 Å². The second-order valence-electron chi connectivity index (χ2n) is 6.72. The van der Waals surface area contributed by atoms with Crippen LogP contribution in [-0.2, 0) is 13.6 Å². The van der Waals surface area contributed by atoms with Gasteiger partial charge < -0.3 is 15.3 Å². The van der Waals surface area contributed by atoms with E-state index in [9.17, 15) is 9.59 Å². The summed E-state index contributed by atoms with van der Waals surface area (Å²) in [5, 5.41) is 15.8. The van der Waals surface area contributed by atoms with Gasteiger partial charge in [0, 0.05) is 31.9 Å². The first-order valence-electron chi connectivity index (χ1n) is 8.86. The number of carbonyl (C=O) groups excluding carboxylic acids is 1. The van der Waals surface area contributed by atoms with Crippen molar-refractivity contribution in [3.8, 4) is 0 Å². The van der Waals surface area contributed by atoms with Crippen molar-refractivity contribution in [1.82, 2.24) is 15.1 Å². The third-order valence-electron chi connectivity index (χ3n) is 4.91. The Morgan fingerprint density at radius 2 is 2.00 bits per heavy atom. The molecule has 26 heavy (non-hydrogen) atoms. The van der Waals surface area contributed by atoms with Crippen molar-refractivity contribution in [2.45, 2.75) is 38.8 Å². The minimum absolute atomic E-state index is 0.0521. The van der Waals surface area contributed by atoms with Crippen molar-refractivity contribution in [3.05, 3.63) is 47.3 Å². The van der Waals surface area contributed by atoms with Crippen LogP contribution in [0.4, 0.5) is 5.69 Å². The highest BCUT2D eigenvalue weighted by atomic mass is 16.4. The van der Waals surface area contributed by atoms with E-state index in [2.05, 4.69) is 34.4 Å². The van der Waals surface area contributed by atoms with E-state index < -0.39 is 11.9 Å². The minimum atomic E-state index is -1.16. The van der Waals surface area contributed by atoms with Gasteiger partial charge in [-0.15, -0.1) is 0 Å². The number of carboxylic acids is 1. The fraction of sp³-hybridized carbons (Fsp3) is 0.421. The average Bonchev–Trinajstić information content (AvgIpc) is 3.02. The van der Waals surface area contributed by atoms with Crippen LogP contribution < -0.4 is 10.2 Å². The normalized spacial score (nSPS) is 17.2. The predicted molar refractivity (Wildman–Crippen MR) is 98.4 cm³/mol. The first kappa shape index (κ1) is 18.0. The molecule has 2 heterocycles. The van der Waals surface area contributed by atoms with Crippen LogP contribution in [-0.4, -0.2) is 39.4 Å². The topological polar surface area (TPSA) is 87.5 Å². The number of carbonyl (C=O) groups is 2. The SMILES string of the molecule is CC1CCCCN1c1ccc(CNC(=O)c2c(C(=O)O)cnn2C)cc1. The first-order valence-corrected chi connectivity index (χ1v) is 8.86. The summed E-state index contributed by atoms with van der Waals surface area (Å²) in [6, 6.07) is 8.71. The summed E-state index contributed by atoms with van der Waals surface area (Å²) in [7, 11) is 1.55. The van der Waals surface area contributed by atoms with E-state index in [0.29, 0.717) is 12.6 Å². The van der Waals surface area contributed by atoms with Crippen LogP contribution in [0.5, 0.6) is 0 Å². The summed E-state index contributed by atoms with van der Waals surface area (Å²) in [5.74, 6) is -1.61. The van der Waals surface area contributed by atoms with Gasteiger partial charge in [0.2, 0.25) is 0 Å². The molecule has 1 atom stereocenters. The lowest BCUT2D eigenvalue weighted by Gasteiger charge is -2.35. The second-order valence-corrected chi connectivity index (χ2v) is 6.72. The number of rotatable bonds is 5. The molecule has 1 aromatic carbocycles. The van der Waals surface area contributed by atoms with Crippen LogP contribution in [0.25, 0.3) is 0 Å². The van der Waals surface area contributed by atoms with E-state index in [0.717, 1.165) is 12.1 Å². The van der Waals surface area contributed by atoms with Gasteiger partial charge in [0.05, 0.1) is 6.20 Å². The zero-order valence-electron chi connectivity index (χ0n) is 15.1. The van der Waals surface area contributed by atoms with E-state index in [-0.39, 0.29) is 11.3 Å². The van der Waals surface area contributed by atoms with Crippen LogP contribution >= 0.6 is 0 Å². The third kappa shape index (κ3) is 3.71. The molecule has 1 saturated heterocycles. The van der Waals surface area contributed by atoms with Gasteiger partial charge in [0.25, 0.3) is 5.91 Å². The Morgan fingerprint density at radius 1 is 1.27 bits per heavy atom. The highest BCUT2D eigenvalue weighted by molar-refractivity contribution is 6.03. The fourth-order valence-electron chi connectivity index (χ4n) is 3.42. The molecule has 1 unspecified atom stereocenters. The molecule has 1 aliphatic rings. The van der Waals surface area contributed by atoms with Crippen molar-refractivity contribution in [2.24, 2.45) is 7.05 Å². The Labute approximate surface area is 152 Å². The van der Waals surface area contributed by atoms with Crippen LogP contribution in [0.2, 0.25) is 0 Å². The van der Waals surface area contributed by atoms with E-state index in [1.54, 1.807) is 7.05 Å². The lowest BCUT2D eigenvalue weighted by molar-refractivity contribution is 0.0690. The number of hydrogen-bond acceptors (Lipinski definition) is 4. The number of carboxylic acid groups (broad SMARTS) is 1. The Morgan fingerprint density at radius 3 is 2.65 bits per heavy atom. The Hall–Kier alpha value is -2.83. The number of nitrogens with one attached hydrogen (secondary N) is 1. The van der Waals surface area contributed by atoms with Gasteiger partial charge in [0.15, 0.2) is 0 Å². The van der Waals surface area contributed by atoms with Crippen LogP contribution in [0.15, 0.2) is 30.5 Å². The maximum Gasteiger partial charge on any atom is 0.339 e. The van der Waals surface area contributed by atoms with Crippen molar-refractivity contribution in [3.63, 3.8) is 0 Å². The van der Waals surface area contributed by atoms with Gasteiger partial charge in [-0.25, -0.2) is 4.79 Å². The van der Waals surface area contributed by atoms with Gasteiger partial charge >= 0.3 is 5.97 Å². The average molecular weight is 356 g/mol. The lowest BCUT2D eigenvalue weighted by atomic mass is 10.0. The summed E-state index contributed by atoms with van der Waals surface area (Å²) in [4.78, 5) is 25.9. The van der Waals surface area contributed by atoms with Crippen LogP contribution in [0.3, 0.4) is 0 Å². The number of aromatic carboxylic acids is 1. The number of hydrogen-bond donors (Lipinski definition) is 2. The molecule has 0 spiro atoms. The third-order valence-corrected chi connectivity index (χ3v) is 4.91. The summed E-state index contributed by atoms with van der Waals surface area (Å²) in [6.45, 7) is 3.66. The molecule has 138 valence electrons. The van der Waals surface area contributed by atoms with Crippen molar-refractivity contribution >= 4 is 17.6 Å². The molecule has 7 heteroatoms. The maximum absolute atomic E-state index is 12.3. The van der Waals surface area contributed by atoms with Crippen LogP contribution in [0, 0.1) is 0 Å². The molecule has 0 saturated carbocycles. The zero-order chi connectivity index (χ0) is 18.7. The number of nitrogens with zero attached hydrogens (tertiary/aromatic N) is 3. The highest BCUT2D eigenvalue weighted by Gasteiger charge is 2.21. The predicted octanol–water partition coefficient (Wildman–Crippen LogP) is 2.43. The van der Waals surface area contributed by atoms with Gasteiger partial charge in [-0.2, -0.15) is 5.10 Å². The number of amides is 1. The smallest absolute Gasteiger partial charge is 0.339 e. The Bertz CT molecular complexity index is 798. The van der Waals surface area contributed by atoms with E-state index >= 15 is 0 Å². The molecule has 7 nitrogen and oxygen atoms in total. The minimum Gasteiger partial charge on any atom is -0.478 e. The summed E-state index contributed by atoms with van der Waals surface area (Å²) in [6.07, 6.45) is 4.91. The van der Waals surface area contributed by atoms with E-state index in [4.69, 9.17) is 5.11 Å². The summed E-state index contributed by atoms with van der Waals surface area (Å²) < 4.78 is 1.28. The number of aromatic nitrogens is 2. The molecule has 2 N–H and O–H groups in total. The fourth-order valence-corrected chi connectivity index (χ4v) is 3.42. The molecule has 1 amide bonds. The van der Waals surface area contributed by atoms with Gasteiger partial charge in [-0.3, -0.25) is 9.48 Å². The van der Waals surface area contributed by atoms with E-state index in [1.807, 2.05) is 12.1 Å². The molecule has 0 aliphatic carbocycles. The maximum atomic E-state index is 12.3. The van der Waals surface area contributed by atoms with E-state index in [1.165, 1.54) is 35.8 Å². The Kier molecular flexibility index (Phi) is 5.25. The lowest BCUT2D eigenvalue weighted by Crippen LogP contribution is -2.37. The molecule has 1 fully saturated rings. The van der Waals surface area contributed by atoms with Gasteiger partial charge in [-0.1, -0.05) is 12.1 Å². The van der Waals surface area contributed by atoms with Gasteiger partial charge in [0.1, 0.15) is 11.3 Å². The monoisotopic (exact) mass is 356 g/mol. The van der Waals surface area contributed by atoms with Gasteiger partial charge in [-0.05, 0) is 43.9 Å².